The zero-order valence-corrected chi connectivity index (χ0v) is 14.0. The number of anilines is 2. The molecular formula is C16H10Cl2N4O3. The molecule has 0 aliphatic rings. The number of halogens is 2. The maximum Gasteiger partial charge on any atom is 0.271 e. The van der Waals surface area contributed by atoms with Crippen molar-refractivity contribution in [2.45, 2.75) is 0 Å². The Morgan fingerprint density at radius 1 is 1.24 bits per heavy atom. The van der Waals surface area contributed by atoms with Crippen molar-refractivity contribution in [2.24, 2.45) is 0 Å². The predicted molar refractivity (Wildman–Crippen MR) is 95.5 cm³/mol. The molecule has 0 bridgehead atoms. The van der Waals surface area contributed by atoms with Crippen molar-refractivity contribution in [1.82, 2.24) is 0 Å². The molecule has 25 heavy (non-hydrogen) atoms. The lowest BCUT2D eigenvalue weighted by atomic mass is 10.2. The fourth-order valence-electron chi connectivity index (χ4n) is 1.80. The summed E-state index contributed by atoms with van der Waals surface area (Å²) in [5, 5.41) is 25.8. The van der Waals surface area contributed by atoms with Crippen LogP contribution in [0.15, 0.2) is 54.2 Å². The molecule has 126 valence electrons. The van der Waals surface area contributed by atoms with Crippen LogP contribution < -0.4 is 10.6 Å². The van der Waals surface area contributed by atoms with Gasteiger partial charge in [0, 0.05) is 29.0 Å². The number of carbonyl (C=O) groups is 1. The number of benzene rings is 2. The molecule has 0 heterocycles. The number of nitrogens with one attached hydrogen (secondary N) is 2. The number of nitro benzene ring substituents is 1. The molecule has 0 aliphatic heterocycles. The van der Waals surface area contributed by atoms with E-state index in [0.717, 1.165) is 0 Å². The number of amides is 1. The SMILES string of the molecule is N#C/C(=C/Nc1cc(Cl)ccc1Cl)C(=O)Nc1cccc([N+](=O)[O-])c1. The van der Waals surface area contributed by atoms with Gasteiger partial charge in [-0.3, -0.25) is 14.9 Å². The third-order valence-corrected chi connectivity index (χ3v) is 3.55. The van der Waals surface area contributed by atoms with E-state index in [0.29, 0.717) is 15.7 Å². The fourth-order valence-corrected chi connectivity index (χ4v) is 2.15. The topological polar surface area (TPSA) is 108 Å². The molecule has 2 aromatic carbocycles. The molecule has 0 spiro atoms. The van der Waals surface area contributed by atoms with Crippen molar-refractivity contribution in [2.75, 3.05) is 10.6 Å². The van der Waals surface area contributed by atoms with Crippen LogP contribution in [0.25, 0.3) is 0 Å². The van der Waals surface area contributed by atoms with Crippen molar-refractivity contribution < 1.29 is 9.72 Å². The molecule has 7 nitrogen and oxygen atoms in total. The summed E-state index contributed by atoms with van der Waals surface area (Å²) in [6.07, 6.45) is 1.17. The summed E-state index contributed by atoms with van der Waals surface area (Å²) in [7, 11) is 0. The maximum atomic E-state index is 12.1. The number of hydrogen-bond acceptors (Lipinski definition) is 5. The first kappa shape index (κ1) is 18.3. The molecule has 1 amide bonds. The number of nitriles is 1. The van der Waals surface area contributed by atoms with Crippen LogP contribution in [-0.2, 0) is 4.79 Å². The average Bonchev–Trinajstić information content (AvgIpc) is 2.58. The largest absolute Gasteiger partial charge is 0.359 e. The van der Waals surface area contributed by atoms with Crippen molar-refractivity contribution in [3.63, 3.8) is 0 Å². The van der Waals surface area contributed by atoms with Crippen LogP contribution >= 0.6 is 23.2 Å². The van der Waals surface area contributed by atoms with Crippen molar-refractivity contribution >= 4 is 46.2 Å². The highest BCUT2D eigenvalue weighted by molar-refractivity contribution is 6.35. The monoisotopic (exact) mass is 376 g/mol. The van der Waals surface area contributed by atoms with E-state index in [9.17, 15) is 14.9 Å². The first-order chi connectivity index (χ1) is 11.9. The second-order valence-corrected chi connectivity index (χ2v) is 5.54. The Hall–Kier alpha value is -3.08. The predicted octanol–water partition coefficient (Wildman–Crippen LogP) is 4.36. The number of non-ortho nitro benzene ring substituents is 1. The first-order valence-corrected chi connectivity index (χ1v) is 7.54. The van der Waals surface area contributed by atoms with Crippen molar-refractivity contribution in [3.05, 3.63) is 74.4 Å². The van der Waals surface area contributed by atoms with E-state index in [1.165, 1.54) is 36.5 Å². The van der Waals surface area contributed by atoms with Gasteiger partial charge in [0.1, 0.15) is 11.6 Å². The van der Waals surface area contributed by atoms with E-state index in [4.69, 9.17) is 28.5 Å². The molecule has 2 aromatic rings. The second kappa shape index (κ2) is 8.15. The van der Waals surface area contributed by atoms with Crippen LogP contribution in [0.5, 0.6) is 0 Å². The van der Waals surface area contributed by atoms with Gasteiger partial charge in [0.15, 0.2) is 0 Å². The summed E-state index contributed by atoms with van der Waals surface area (Å²) >= 11 is 11.8. The summed E-state index contributed by atoms with van der Waals surface area (Å²) < 4.78 is 0. The molecule has 0 atom stereocenters. The Balaban J connectivity index is 2.15. The maximum absolute atomic E-state index is 12.1. The molecule has 0 fully saturated rings. The minimum atomic E-state index is -0.728. The Labute approximate surface area is 152 Å². The van der Waals surface area contributed by atoms with E-state index in [-0.39, 0.29) is 16.9 Å². The summed E-state index contributed by atoms with van der Waals surface area (Å²) in [6, 6.07) is 11.8. The Morgan fingerprint density at radius 3 is 2.68 bits per heavy atom. The average molecular weight is 377 g/mol. The summed E-state index contributed by atoms with van der Waals surface area (Å²) in [5.41, 5.74) is 0.192. The summed E-state index contributed by atoms with van der Waals surface area (Å²) in [6.45, 7) is 0. The summed E-state index contributed by atoms with van der Waals surface area (Å²) in [5.74, 6) is -0.728. The number of carbonyl (C=O) groups excluding carboxylic acids is 1. The van der Waals surface area contributed by atoms with Gasteiger partial charge >= 0.3 is 0 Å². The molecule has 0 unspecified atom stereocenters. The number of nitrogens with zero attached hydrogens (tertiary/aromatic N) is 2. The van der Waals surface area contributed by atoms with Gasteiger partial charge in [-0.2, -0.15) is 5.26 Å². The van der Waals surface area contributed by atoms with E-state index >= 15 is 0 Å². The van der Waals surface area contributed by atoms with E-state index < -0.39 is 10.8 Å². The number of rotatable bonds is 5. The smallest absolute Gasteiger partial charge is 0.271 e. The van der Waals surface area contributed by atoms with Gasteiger partial charge in [-0.25, -0.2) is 0 Å². The van der Waals surface area contributed by atoms with Gasteiger partial charge < -0.3 is 10.6 Å². The third kappa shape index (κ3) is 4.94. The van der Waals surface area contributed by atoms with Gasteiger partial charge in [0.2, 0.25) is 0 Å². The highest BCUT2D eigenvalue weighted by Crippen LogP contribution is 2.25. The Bertz CT molecular complexity index is 906. The quantitative estimate of drug-likeness (QED) is 0.348. The molecule has 0 saturated heterocycles. The molecule has 0 aromatic heterocycles. The molecule has 2 N–H and O–H groups in total. The molecule has 9 heteroatoms. The van der Waals surface area contributed by atoms with Crippen LogP contribution in [0, 0.1) is 21.4 Å². The van der Waals surface area contributed by atoms with Gasteiger partial charge in [0.25, 0.3) is 11.6 Å². The minimum absolute atomic E-state index is 0.177. The van der Waals surface area contributed by atoms with Crippen LogP contribution in [-0.4, -0.2) is 10.8 Å². The highest BCUT2D eigenvalue weighted by atomic mass is 35.5. The van der Waals surface area contributed by atoms with Crippen LogP contribution in [0.4, 0.5) is 17.1 Å². The van der Waals surface area contributed by atoms with Gasteiger partial charge in [0.05, 0.1) is 15.6 Å². The molecule has 0 radical (unpaired) electrons. The lowest BCUT2D eigenvalue weighted by Gasteiger charge is -2.06. The second-order valence-electron chi connectivity index (χ2n) is 4.70. The normalized spacial score (nSPS) is 10.7. The minimum Gasteiger partial charge on any atom is -0.359 e. The lowest BCUT2D eigenvalue weighted by molar-refractivity contribution is -0.384. The zero-order valence-electron chi connectivity index (χ0n) is 12.5. The lowest BCUT2D eigenvalue weighted by Crippen LogP contribution is -2.14. The van der Waals surface area contributed by atoms with Crippen LogP contribution in [0.1, 0.15) is 0 Å². The van der Waals surface area contributed by atoms with Crippen molar-refractivity contribution in [3.8, 4) is 6.07 Å². The van der Waals surface area contributed by atoms with Gasteiger partial charge in [-0.05, 0) is 24.3 Å². The highest BCUT2D eigenvalue weighted by Gasteiger charge is 2.12. The van der Waals surface area contributed by atoms with E-state index in [2.05, 4.69) is 10.6 Å². The first-order valence-electron chi connectivity index (χ1n) is 6.78. The molecule has 0 saturated carbocycles. The fraction of sp³-hybridized carbons (Fsp3) is 0. The third-order valence-electron chi connectivity index (χ3n) is 2.98. The standard InChI is InChI=1S/C16H10Cl2N4O3/c17-11-4-5-14(18)15(6-11)20-9-10(8-19)16(23)21-12-2-1-3-13(7-12)22(24)25/h1-7,9,20H,(H,21,23)/b10-9-. The van der Waals surface area contributed by atoms with E-state index in [1.807, 2.05) is 0 Å². The Morgan fingerprint density at radius 2 is 2.00 bits per heavy atom. The number of hydrogen-bond donors (Lipinski definition) is 2. The van der Waals surface area contributed by atoms with Gasteiger partial charge in [-0.1, -0.05) is 29.3 Å². The van der Waals surface area contributed by atoms with Crippen LogP contribution in [0.2, 0.25) is 10.0 Å². The zero-order chi connectivity index (χ0) is 18.4. The number of nitro groups is 1. The van der Waals surface area contributed by atoms with E-state index in [1.54, 1.807) is 18.2 Å². The van der Waals surface area contributed by atoms with Crippen molar-refractivity contribution in [1.29, 1.82) is 5.26 Å². The molecular weight excluding hydrogens is 367 g/mol. The molecule has 2 rings (SSSR count). The van der Waals surface area contributed by atoms with Crippen LogP contribution in [0.3, 0.4) is 0 Å². The Kier molecular flexibility index (Phi) is 5.95. The molecule has 0 aliphatic carbocycles. The summed E-state index contributed by atoms with van der Waals surface area (Å²) in [4.78, 5) is 22.3. The van der Waals surface area contributed by atoms with Gasteiger partial charge in [-0.15, -0.1) is 0 Å².